The molecule has 0 saturated carbocycles. The maximum absolute atomic E-state index is 11.6. The summed E-state index contributed by atoms with van der Waals surface area (Å²) in [6.45, 7) is 3.84. The van der Waals surface area contributed by atoms with Crippen molar-refractivity contribution in [3.05, 3.63) is 0 Å². The van der Waals surface area contributed by atoms with Crippen LogP contribution in [-0.4, -0.2) is 34.9 Å². The van der Waals surface area contributed by atoms with E-state index in [9.17, 15) is 9.59 Å². The third-order valence-corrected chi connectivity index (χ3v) is 4.42. The lowest BCUT2D eigenvalue weighted by Crippen LogP contribution is -2.38. The summed E-state index contributed by atoms with van der Waals surface area (Å²) in [7, 11) is 0. The van der Waals surface area contributed by atoms with Crippen molar-refractivity contribution in [1.82, 2.24) is 10.6 Å². The Balaban J connectivity index is 1.94. The van der Waals surface area contributed by atoms with E-state index in [4.69, 9.17) is 0 Å². The maximum atomic E-state index is 11.6. The molecule has 2 aliphatic rings. The number of urea groups is 1. The van der Waals surface area contributed by atoms with Crippen molar-refractivity contribution in [2.75, 3.05) is 5.75 Å². The lowest BCUT2D eigenvalue weighted by Gasteiger charge is -2.16. The molecular formula is C10H16N2O2S. The molecule has 2 unspecified atom stereocenters. The molecule has 3 atom stereocenters. The number of fused-ring (bicyclic) bond motifs is 1. The van der Waals surface area contributed by atoms with Crippen LogP contribution >= 0.6 is 11.8 Å². The van der Waals surface area contributed by atoms with E-state index in [1.165, 1.54) is 0 Å². The Kier molecular flexibility index (Phi) is 2.91. The quantitative estimate of drug-likeness (QED) is 0.701. The lowest BCUT2D eigenvalue weighted by molar-refractivity contribution is -0.121. The van der Waals surface area contributed by atoms with Gasteiger partial charge in [0.05, 0.1) is 12.1 Å². The predicted octanol–water partition coefficient (Wildman–Crippen LogP) is 0.767. The second-order valence-corrected chi connectivity index (χ2v) is 5.72. The number of thioether (sulfide) groups is 1. The molecule has 4 nitrogen and oxygen atoms in total. The van der Waals surface area contributed by atoms with Crippen molar-refractivity contribution in [2.45, 2.75) is 37.6 Å². The first-order valence-corrected chi connectivity index (χ1v) is 6.34. The van der Waals surface area contributed by atoms with Crippen LogP contribution in [0.15, 0.2) is 0 Å². The van der Waals surface area contributed by atoms with Gasteiger partial charge in [-0.2, -0.15) is 11.8 Å². The van der Waals surface area contributed by atoms with Gasteiger partial charge >= 0.3 is 6.03 Å². The minimum absolute atomic E-state index is 0.0905. The second-order valence-electron chi connectivity index (χ2n) is 4.45. The van der Waals surface area contributed by atoms with E-state index < -0.39 is 0 Å². The maximum Gasteiger partial charge on any atom is 0.315 e. The average Bonchev–Trinajstić information content (AvgIpc) is 2.66. The van der Waals surface area contributed by atoms with E-state index in [1.807, 2.05) is 13.8 Å². The molecule has 0 aromatic carbocycles. The summed E-state index contributed by atoms with van der Waals surface area (Å²) in [5.74, 6) is 1.29. The van der Waals surface area contributed by atoms with Crippen LogP contribution in [0.1, 0.15) is 20.3 Å². The summed E-state index contributed by atoms with van der Waals surface area (Å²) in [5.41, 5.74) is 0. The molecule has 0 bridgehead atoms. The van der Waals surface area contributed by atoms with Crippen molar-refractivity contribution in [2.24, 2.45) is 5.92 Å². The third kappa shape index (κ3) is 2.12. The highest BCUT2D eigenvalue weighted by Crippen LogP contribution is 2.32. The highest BCUT2D eigenvalue weighted by molar-refractivity contribution is 8.00. The standard InChI is InChI=1S/C10H16N2O2S/c1-5(2)7(13)3-8-9-6(4-15-8)11-10(14)12-9/h5-6,8-9H,3-4H2,1-2H3,(H2,11,12,14)/t6?,8-,9?/m0/s1. The first kappa shape index (κ1) is 10.8. The summed E-state index contributed by atoms with van der Waals surface area (Å²) < 4.78 is 0. The van der Waals surface area contributed by atoms with Gasteiger partial charge in [0, 0.05) is 23.3 Å². The number of hydrogen-bond acceptors (Lipinski definition) is 3. The number of ketones is 1. The number of amides is 2. The van der Waals surface area contributed by atoms with E-state index >= 15 is 0 Å². The van der Waals surface area contributed by atoms with Gasteiger partial charge in [-0.1, -0.05) is 13.8 Å². The highest BCUT2D eigenvalue weighted by atomic mass is 32.2. The Morgan fingerprint density at radius 3 is 2.93 bits per heavy atom. The van der Waals surface area contributed by atoms with Gasteiger partial charge in [0.15, 0.2) is 0 Å². The van der Waals surface area contributed by atoms with Gasteiger partial charge in [-0.15, -0.1) is 0 Å². The predicted molar refractivity (Wildman–Crippen MR) is 60.0 cm³/mol. The topological polar surface area (TPSA) is 58.2 Å². The molecular weight excluding hydrogens is 212 g/mol. The minimum atomic E-state index is -0.0905. The van der Waals surface area contributed by atoms with Crippen molar-refractivity contribution in [1.29, 1.82) is 0 Å². The zero-order valence-electron chi connectivity index (χ0n) is 8.95. The molecule has 15 heavy (non-hydrogen) atoms. The molecule has 0 aromatic rings. The van der Waals surface area contributed by atoms with Crippen LogP contribution in [0, 0.1) is 5.92 Å². The molecule has 2 rings (SSSR count). The van der Waals surface area contributed by atoms with Crippen LogP contribution in [0.4, 0.5) is 4.79 Å². The fourth-order valence-electron chi connectivity index (χ4n) is 2.00. The number of carbonyl (C=O) groups is 2. The van der Waals surface area contributed by atoms with Crippen LogP contribution in [-0.2, 0) is 4.79 Å². The SMILES string of the molecule is CC(C)C(=O)C[C@@H]1SCC2NC(=O)NC21. The van der Waals surface area contributed by atoms with Gasteiger partial charge in [0.1, 0.15) is 5.78 Å². The molecule has 2 amide bonds. The van der Waals surface area contributed by atoms with Crippen molar-refractivity contribution < 1.29 is 9.59 Å². The van der Waals surface area contributed by atoms with Crippen molar-refractivity contribution >= 4 is 23.6 Å². The van der Waals surface area contributed by atoms with Crippen LogP contribution < -0.4 is 10.6 Å². The first-order valence-electron chi connectivity index (χ1n) is 5.29. The highest BCUT2D eigenvalue weighted by Gasteiger charge is 2.43. The zero-order valence-corrected chi connectivity index (χ0v) is 9.76. The molecule has 2 fully saturated rings. The number of Topliss-reactive ketones (excluding diaryl/α,β-unsaturated/α-hetero) is 1. The first-order chi connectivity index (χ1) is 7.08. The summed E-state index contributed by atoms with van der Waals surface area (Å²) in [6, 6.07) is 0.268. The van der Waals surface area contributed by atoms with Gasteiger partial charge in [-0.05, 0) is 0 Å². The minimum Gasteiger partial charge on any atom is -0.332 e. The Morgan fingerprint density at radius 2 is 2.27 bits per heavy atom. The van der Waals surface area contributed by atoms with Gasteiger partial charge < -0.3 is 10.6 Å². The smallest absolute Gasteiger partial charge is 0.315 e. The molecule has 0 spiro atoms. The van der Waals surface area contributed by atoms with E-state index in [-0.39, 0.29) is 35.1 Å². The fourth-order valence-corrected chi connectivity index (χ4v) is 3.49. The monoisotopic (exact) mass is 228 g/mol. The lowest BCUT2D eigenvalue weighted by atomic mass is 9.99. The normalized spacial score (nSPS) is 33.8. The van der Waals surface area contributed by atoms with Crippen LogP contribution in [0.25, 0.3) is 0 Å². The van der Waals surface area contributed by atoms with Gasteiger partial charge in [0.2, 0.25) is 0 Å². The molecule has 2 heterocycles. The largest absolute Gasteiger partial charge is 0.332 e. The Hall–Kier alpha value is -0.710. The Labute approximate surface area is 93.6 Å². The van der Waals surface area contributed by atoms with E-state index in [0.29, 0.717) is 6.42 Å². The van der Waals surface area contributed by atoms with Gasteiger partial charge in [0.25, 0.3) is 0 Å². The summed E-state index contributed by atoms with van der Waals surface area (Å²) in [4.78, 5) is 22.7. The van der Waals surface area contributed by atoms with Gasteiger partial charge in [-0.25, -0.2) is 4.79 Å². The third-order valence-electron chi connectivity index (χ3n) is 2.98. The molecule has 0 radical (unpaired) electrons. The number of nitrogens with one attached hydrogen (secondary N) is 2. The van der Waals surface area contributed by atoms with Crippen LogP contribution in [0.2, 0.25) is 0 Å². The molecule has 2 aliphatic heterocycles. The Bertz CT molecular complexity index is 293. The van der Waals surface area contributed by atoms with Crippen LogP contribution in [0.5, 0.6) is 0 Å². The summed E-state index contributed by atoms with van der Waals surface area (Å²) >= 11 is 1.78. The number of hydrogen-bond donors (Lipinski definition) is 2. The summed E-state index contributed by atoms with van der Waals surface area (Å²) in [5, 5.41) is 6.01. The number of rotatable bonds is 3. The van der Waals surface area contributed by atoms with E-state index in [2.05, 4.69) is 10.6 Å². The molecule has 2 N–H and O–H groups in total. The molecule has 5 heteroatoms. The van der Waals surface area contributed by atoms with Crippen molar-refractivity contribution in [3.8, 4) is 0 Å². The molecule has 2 saturated heterocycles. The average molecular weight is 228 g/mol. The second kappa shape index (κ2) is 4.04. The Morgan fingerprint density at radius 1 is 1.53 bits per heavy atom. The van der Waals surface area contributed by atoms with Crippen LogP contribution in [0.3, 0.4) is 0 Å². The van der Waals surface area contributed by atoms with E-state index in [0.717, 1.165) is 5.75 Å². The fraction of sp³-hybridized carbons (Fsp3) is 0.800. The zero-order chi connectivity index (χ0) is 11.0. The van der Waals surface area contributed by atoms with E-state index in [1.54, 1.807) is 11.8 Å². The molecule has 84 valence electrons. The molecule has 0 aliphatic carbocycles. The van der Waals surface area contributed by atoms with Crippen molar-refractivity contribution in [3.63, 3.8) is 0 Å². The number of carbonyl (C=O) groups excluding carboxylic acids is 2. The van der Waals surface area contributed by atoms with Gasteiger partial charge in [-0.3, -0.25) is 4.79 Å². The molecule has 0 aromatic heterocycles. The summed E-state index contributed by atoms with van der Waals surface area (Å²) in [6.07, 6.45) is 0.575.